The summed E-state index contributed by atoms with van der Waals surface area (Å²) in [6, 6.07) is 1.13. The molecule has 1 fully saturated rings. The molecule has 0 radical (unpaired) electrons. The van der Waals surface area contributed by atoms with Crippen molar-refractivity contribution in [1.82, 2.24) is 5.32 Å². The van der Waals surface area contributed by atoms with Crippen LogP contribution >= 0.6 is 0 Å². The van der Waals surface area contributed by atoms with E-state index in [1.165, 1.54) is 25.7 Å². The summed E-state index contributed by atoms with van der Waals surface area (Å²) in [5.74, 6) is 0.902. The first-order valence-corrected chi connectivity index (χ1v) is 5.20. The predicted molar refractivity (Wildman–Crippen MR) is 53.1 cm³/mol. The Morgan fingerprint density at radius 3 is 2.42 bits per heavy atom. The minimum atomic E-state index is 0.473. The molecular weight excluding hydrogens is 148 g/mol. The molecule has 2 heteroatoms. The van der Waals surface area contributed by atoms with Gasteiger partial charge >= 0.3 is 0 Å². The highest BCUT2D eigenvalue weighted by Gasteiger charge is 2.21. The first-order chi connectivity index (χ1) is 5.74. The SMILES string of the molecule is CC(CN)NC(C)C1CCCC1. The van der Waals surface area contributed by atoms with Gasteiger partial charge in [0.1, 0.15) is 0 Å². The molecule has 1 rings (SSSR count). The number of nitrogens with one attached hydrogen (secondary N) is 1. The third kappa shape index (κ3) is 2.76. The highest BCUT2D eigenvalue weighted by molar-refractivity contribution is 4.79. The van der Waals surface area contributed by atoms with Crippen LogP contribution in [-0.4, -0.2) is 18.6 Å². The highest BCUT2D eigenvalue weighted by Crippen LogP contribution is 2.27. The van der Waals surface area contributed by atoms with Crippen LogP contribution in [0.5, 0.6) is 0 Å². The van der Waals surface area contributed by atoms with Gasteiger partial charge in [-0.1, -0.05) is 12.8 Å². The second-order valence-electron chi connectivity index (χ2n) is 4.14. The molecule has 2 nitrogen and oxygen atoms in total. The van der Waals surface area contributed by atoms with E-state index < -0.39 is 0 Å². The topological polar surface area (TPSA) is 38.0 Å². The molecule has 1 aliphatic carbocycles. The van der Waals surface area contributed by atoms with E-state index in [0.29, 0.717) is 12.1 Å². The van der Waals surface area contributed by atoms with Gasteiger partial charge in [0.15, 0.2) is 0 Å². The lowest BCUT2D eigenvalue weighted by Crippen LogP contribution is -2.42. The Hall–Kier alpha value is -0.0800. The Labute approximate surface area is 75.9 Å². The Kier molecular flexibility index (Phi) is 4.02. The van der Waals surface area contributed by atoms with Gasteiger partial charge in [-0.2, -0.15) is 0 Å². The molecule has 0 heterocycles. The maximum Gasteiger partial charge on any atom is 0.0164 e. The van der Waals surface area contributed by atoms with Crippen molar-refractivity contribution in [2.75, 3.05) is 6.54 Å². The molecule has 1 saturated carbocycles. The summed E-state index contributed by atoms with van der Waals surface area (Å²) in [6.45, 7) is 5.20. The van der Waals surface area contributed by atoms with Crippen LogP contribution in [0.25, 0.3) is 0 Å². The zero-order valence-electron chi connectivity index (χ0n) is 8.34. The van der Waals surface area contributed by atoms with Gasteiger partial charge in [0.2, 0.25) is 0 Å². The van der Waals surface area contributed by atoms with Crippen molar-refractivity contribution < 1.29 is 0 Å². The van der Waals surface area contributed by atoms with Crippen LogP contribution in [-0.2, 0) is 0 Å². The Morgan fingerprint density at radius 1 is 1.33 bits per heavy atom. The van der Waals surface area contributed by atoms with Crippen molar-refractivity contribution in [3.8, 4) is 0 Å². The van der Waals surface area contributed by atoms with E-state index in [-0.39, 0.29) is 0 Å². The van der Waals surface area contributed by atoms with Crippen molar-refractivity contribution >= 4 is 0 Å². The van der Waals surface area contributed by atoms with Crippen LogP contribution in [0.15, 0.2) is 0 Å². The monoisotopic (exact) mass is 170 g/mol. The molecule has 72 valence electrons. The van der Waals surface area contributed by atoms with Gasteiger partial charge in [-0.15, -0.1) is 0 Å². The summed E-state index contributed by atoms with van der Waals surface area (Å²) in [4.78, 5) is 0. The lowest BCUT2D eigenvalue weighted by Gasteiger charge is -2.23. The van der Waals surface area contributed by atoms with Gasteiger partial charge < -0.3 is 11.1 Å². The summed E-state index contributed by atoms with van der Waals surface area (Å²) < 4.78 is 0. The maximum atomic E-state index is 5.56. The number of nitrogens with two attached hydrogens (primary N) is 1. The minimum Gasteiger partial charge on any atom is -0.329 e. The van der Waals surface area contributed by atoms with Crippen molar-refractivity contribution in [3.05, 3.63) is 0 Å². The molecule has 2 unspecified atom stereocenters. The van der Waals surface area contributed by atoms with Gasteiger partial charge in [-0.25, -0.2) is 0 Å². The third-order valence-electron chi connectivity index (χ3n) is 3.01. The van der Waals surface area contributed by atoms with E-state index in [1.807, 2.05) is 0 Å². The van der Waals surface area contributed by atoms with Gasteiger partial charge in [-0.3, -0.25) is 0 Å². The van der Waals surface area contributed by atoms with Gasteiger partial charge in [0.05, 0.1) is 0 Å². The van der Waals surface area contributed by atoms with Crippen molar-refractivity contribution in [2.45, 2.75) is 51.6 Å². The van der Waals surface area contributed by atoms with Crippen molar-refractivity contribution in [1.29, 1.82) is 0 Å². The van der Waals surface area contributed by atoms with Gasteiger partial charge in [-0.05, 0) is 32.6 Å². The second-order valence-corrected chi connectivity index (χ2v) is 4.14. The second kappa shape index (κ2) is 4.83. The molecule has 0 saturated heterocycles. The summed E-state index contributed by atoms with van der Waals surface area (Å²) in [6.07, 6.45) is 5.66. The van der Waals surface area contributed by atoms with E-state index >= 15 is 0 Å². The van der Waals surface area contributed by atoms with Crippen LogP contribution in [0.1, 0.15) is 39.5 Å². The molecule has 3 N–H and O–H groups in total. The van der Waals surface area contributed by atoms with E-state index in [1.54, 1.807) is 0 Å². The minimum absolute atomic E-state index is 0.473. The average Bonchev–Trinajstić information content (AvgIpc) is 2.56. The molecule has 12 heavy (non-hydrogen) atoms. The summed E-state index contributed by atoms with van der Waals surface area (Å²) in [5.41, 5.74) is 5.56. The molecule has 0 aliphatic heterocycles. The lowest BCUT2D eigenvalue weighted by molar-refractivity contribution is 0.352. The first-order valence-electron chi connectivity index (χ1n) is 5.20. The molecule has 0 aromatic heterocycles. The molecule has 0 aromatic rings. The molecule has 0 amide bonds. The zero-order valence-corrected chi connectivity index (χ0v) is 8.34. The number of hydrogen-bond acceptors (Lipinski definition) is 2. The smallest absolute Gasteiger partial charge is 0.0164 e. The van der Waals surface area contributed by atoms with Crippen LogP contribution in [0, 0.1) is 5.92 Å². The molecular formula is C10H22N2. The average molecular weight is 170 g/mol. The predicted octanol–water partition coefficient (Wildman–Crippen LogP) is 1.50. The van der Waals surface area contributed by atoms with E-state index in [2.05, 4.69) is 19.2 Å². The number of hydrogen-bond donors (Lipinski definition) is 2. The molecule has 0 aromatic carbocycles. The Balaban J connectivity index is 2.21. The van der Waals surface area contributed by atoms with E-state index in [0.717, 1.165) is 12.5 Å². The standard InChI is InChI=1S/C10H22N2/c1-8(7-11)12-9(2)10-5-3-4-6-10/h8-10,12H,3-7,11H2,1-2H3. The Bertz CT molecular complexity index is 119. The van der Waals surface area contributed by atoms with Crippen molar-refractivity contribution in [2.24, 2.45) is 11.7 Å². The molecule has 1 aliphatic rings. The van der Waals surface area contributed by atoms with Crippen LogP contribution < -0.4 is 11.1 Å². The quantitative estimate of drug-likeness (QED) is 0.671. The fourth-order valence-electron chi connectivity index (χ4n) is 2.11. The lowest BCUT2D eigenvalue weighted by atomic mass is 9.99. The normalized spacial score (nSPS) is 24.2. The summed E-state index contributed by atoms with van der Waals surface area (Å²) in [7, 11) is 0. The van der Waals surface area contributed by atoms with Crippen LogP contribution in [0.3, 0.4) is 0 Å². The molecule has 0 spiro atoms. The van der Waals surface area contributed by atoms with E-state index in [4.69, 9.17) is 5.73 Å². The van der Waals surface area contributed by atoms with Crippen molar-refractivity contribution in [3.63, 3.8) is 0 Å². The number of rotatable bonds is 4. The van der Waals surface area contributed by atoms with Gasteiger partial charge in [0, 0.05) is 18.6 Å². The van der Waals surface area contributed by atoms with Crippen LogP contribution in [0.4, 0.5) is 0 Å². The van der Waals surface area contributed by atoms with Crippen LogP contribution in [0.2, 0.25) is 0 Å². The summed E-state index contributed by atoms with van der Waals surface area (Å²) >= 11 is 0. The first kappa shape index (κ1) is 10.0. The maximum absolute atomic E-state index is 5.56. The largest absolute Gasteiger partial charge is 0.329 e. The summed E-state index contributed by atoms with van der Waals surface area (Å²) in [5, 5.41) is 3.55. The molecule has 0 bridgehead atoms. The Morgan fingerprint density at radius 2 is 1.92 bits per heavy atom. The fraction of sp³-hybridized carbons (Fsp3) is 1.00. The highest BCUT2D eigenvalue weighted by atomic mass is 15.0. The van der Waals surface area contributed by atoms with Gasteiger partial charge in [0.25, 0.3) is 0 Å². The molecule has 2 atom stereocenters. The fourth-order valence-corrected chi connectivity index (χ4v) is 2.11. The third-order valence-corrected chi connectivity index (χ3v) is 3.01. The van der Waals surface area contributed by atoms with E-state index in [9.17, 15) is 0 Å². The zero-order chi connectivity index (χ0) is 8.97.